The molecule has 20 heavy (non-hydrogen) atoms. The standard InChI is InChI=1S/C15H26N2O3/c1-16(2)15(18)8-13-7-11-9-17(10-14(11)20-13)12-3-5-19-6-4-12/h11-14H,3-10H2,1-2H3/t11-,13-,14+/m0/s1. The van der Waals surface area contributed by atoms with E-state index >= 15 is 0 Å². The van der Waals surface area contributed by atoms with Crippen molar-refractivity contribution in [2.24, 2.45) is 5.92 Å². The van der Waals surface area contributed by atoms with E-state index in [1.54, 1.807) is 4.90 Å². The van der Waals surface area contributed by atoms with Gasteiger partial charge in [0.15, 0.2) is 0 Å². The molecule has 3 atom stereocenters. The van der Waals surface area contributed by atoms with E-state index in [1.165, 1.54) is 0 Å². The molecule has 3 aliphatic heterocycles. The Kier molecular flexibility index (Phi) is 4.29. The van der Waals surface area contributed by atoms with Gasteiger partial charge < -0.3 is 14.4 Å². The molecule has 0 aromatic heterocycles. The molecular weight excluding hydrogens is 256 g/mol. The third-order valence-electron chi connectivity index (χ3n) is 4.95. The van der Waals surface area contributed by atoms with Crippen LogP contribution in [0, 0.1) is 5.92 Å². The molecule has 114 valence electrons. The fourth-order valence-electron chi connectivity index (χ4n) is 3.75. The molecule has 3 fully saturated rings. The second-order valence-electron chi connectivity index (χ2n) is 6.58. The quantitative estimate of drug-likeness (QED) is 0.765. The zero-order chi connectivity index (χ0) is 14.1. The summed E-state index contributed by atoms with van der Waals surface area (Å²) in [5.41, 5.74) is 0. The minimum Gasteiger partial charge on any atom is -0.381 e. The number of hydrogen-bond acceptors (Lipinski definition) is 4. The average molecular weight is 282 g/mol. The number of carbonyl (C=O) groups excluding carboxylic acids is 1. The van der Waals surface area contributed by atoms with Crippen molar-refractivity contribution >= 4 is 5.91 Å². The maximum absolute atomic E-state index is 11.8. The number of likely N-dealkylation sites (tertiary alicyclic amines) is 1. The highest BCUT2D eigenvalue weighted by Gasteiger charge is 2.44. The van der Waals surface area contributed by atoms with Crippen LogP contribution in [0.3, 0.4) is 0 Å². The Labute approximate surface area is 121 Å². The first-order valence-corrected chi connectivity index (χ1v) is 7.81. The van der Waals surface area contributed by atoms with Crippen LogP contribution in [-0.2, 0) is 14.3 Å². The van der Waals surface area contributed by atoms with Gasteiger partial charge in [0.1, 0.15) is 0 Å². The monoisotopic (exact) mass is 282 g/mol. The fourth-order valence-corrected chi connectivity index (χ4v) is 3.75. The molecule has 5 nitrogen and oxygen atoms in total. The van der Waals surface area contributed by atoms with Crippen LogP contribution in [0.1, 0.15) is 25.7 Å². The van der Waals surface area contributed by atoms with Crippen LogP contribution in [0.4, 0.5) is 0 Å². The van der Waals surface area contributed by atoms with Crippen molar-refractivity contribution in [3.8, 4) is 0 Å². The molecule has 3 aliphatic rings. The summed E-state index contributed by atoms with van der Waals surface area (Å²) >= 11 is 0. The zero-order valence-electron chi connectivity index (χ0n) is 12.6. The molecule has 0 unspecified atom stereocenters. The van der Waals surface area contributed by atoms with Crippen molar-refractivity contribution in [1.82, 2.24) is 9.80 Å². The van der Waals surface area contributed by atoms with Crippen LogP contribution >= 0.6 is 0 Å². The van der Waals surface area contributed by atoms with E-state index in [2.05, 4.69) is 4.90 Å². The summed E-state index contributed by atoms with van der Waals surface area (Å²) in [5, 5.41) is 0. The molecular formula is C15H26N2O3. The Hall–Kier alpha value is -0.650. The Morgan fingerprint density at radius 2 is 2.00 bits per heavy atom. The number of nitrogens with zero attached hydrogens (tertiary/aromatic N) is 2. The SMILES string of the molecule is CN(C)C(=O)C[C@@H]1C[C@H]2CN(C3CCOCC3)C[C@H]2O1. The largest absolute Gasteiger partial charge is 0.381 e. The lowest BCUT2D eigenvalue weighted by molar-refractivity contribution is -0.131. The predicted octanol–water partition coefficient (Wildman–Crippen LogP) is 0.733. The van der Waals surface area contributed by atoms with Crippen molar-refractivity contribution in [2.45, 2.75) is 43.9 Å². The lowest BCUT2D eigenvalue weighted by atomic mass is 10.0. The molecule has 0 saturated carbocycles. The van der Waals surface area contributed by atoms with Gasteiger partial charge in [0.05, 0.1) is 18.6 Å². The molecule has 0 N–H and O–H groups in total. The van der Waals surface area contributed by atoms with E-state index < -0.39 is 0 Å². The summed E-state index contributed by atoms with van der Waals surface area (Å²) in [5.74, 6) is 0.800. The van der Waals surface area contributed by atoms with Crippen LogP contribution in [0.5, 0.6) is 0 Å². The number of rotatable bonds is 3. The molecule has 3 rings (SSSR count). The molecule has 0 radical (unpaired) electrons. The topological polar surface area (TPSA) is 42.0 Å². The molecule has 0 aromatic rings. The number of amides is 1. The van der Waals surface area contributed by atoms with Gasteiger partial charge in [-0.15, -0.1) is 0 Å². The van der Waals surface area contributed by atoms with Gasteiger partial charge in [0.25, 0.3) is 0 Å². The van der Waals surface area contributed by atoms with E-state index in [9.17, 15) is 4.79 Å². The van der Waals surface area contributed by atoms with Gasteiger partial charge in [0.2, 0.25) is 5.91 Å². The summed E-state index contributed by atoms with van der Waals surface area (Å²) in [6.07, 6.45) is 4.38. The highest BCUT2D eigenvalue weighted by Crippen LogP contribution is 2.36. The summed E-state index contributed by atoms with van der Waals surface area (Å²) in [4.78, 5) is 16.0. The first kappa shape index (κ1) is 14.3. The third-order valence-corrected chi connectivity index (χ3v) is 4.95. The maximum Gasteiger partial charge on any atom is 0.224 e. The molecule has 1 amide bonds. The van der Waals surface area contributed by atoms with Crippen molar-refractivity contribution in [1.29, 1.82) is 0 Å². The summed E-state index contributed by atoms with van der Waals surface area (Å²) < 4.78 is 11.5. The van der Waals surface area contributed by atoms with Crippen LogP contribution in [0.15, 0.2) is 0 Å². The fraction of sp³-hybridized carbons (Fsp3) is 0.933. The van der Waals surface area contributed by atoms with Gasteiger partial charge >= 0.3 is 0 Å². The van der Waals surface area contributed by atoms with Crippen LogP contribution in [-0.4, -0.2) is 74.4 Å². The summed E-state index contributed by atoms with van der Waals surface area (Å²) in [6.45, 7) is 3.98. The van der Waals surface area contributed by atoms with Gasteiger partial charge in [-0.1, -0.05) is 0 Å². The Morgan fingerprint density at radius 3 is 2.65 bits per heavy atom. The average Bonchev–Trinajstić information content (AvgIpc) is 2.97. The number of fused-ring (bicyclic) bond motifs is 1. The predicted molar refractivity (Wildman–Crippen MR) is 75.5 cm³/mol. The minimum absolute atomic E-state index is 0.136. The third kappa shape index (κ3) is 3.00. The highest BCUT2D eigenvalue weighted by molar-refractivity contribution is 5.76. The van der Waals surface area contributed by atoms with Crippen molar-refractivity contribution in [3.05, 3.63) is 0 Å². The van der Waals surface area contributed by atoms with Gasteiger partial charge in [-0.05, 0) is 19.3 Å². The van der Waals surface area contributed by atoms with Gasteiger partial charge in [-0.25, -0.2) is 0 Å². The van der Waals surface area contributed by atoms with Crippen LogP contribution < -0.4 is 0 Å². The molecule has 0 aliphatic carbocycles. The minimum atomic E-state index is 0.136. The second kappa shape index (κ2) is 6.00. The summed E-state index contributed by atoms with van der Waals surface area (Å²) in [7, 11) is 3.62. The molecule has 0 spiro atoms. The van der Waals surface area contributed by atoms with E-state index in [-0.39, 0.29) is 12.0 Å². The first-order valence-electron chi connectivity index (χ1n) is 7.81. The van der Waals surface area contributed by atoms with Crippen molar-refractivity contribution in [3.63, 3.8) is 0 Å². The highest BCUT2D eigenvalue weighted by atomic mass is 16.5. The Balaban J connectivity index is 1.48. The smallest absolute Gasteiger partial charge is 0.224 e. The molecule has 0 aromatic carbocycles. The zero-order valence-corrected chi connectivity index (χ0v) is 12.6. The summed E-state index contributed by atoms with van der Waals surface area (Å²) in [6, 6.07) is 0.680. The van der Waals surface area contributed by atoms with E-state index in [0.29, 0.717) is 24.5 Å². The Morgan fingerprint density at radius 1 is 1.25 bits per heavy atom. The van der Waals surface area contributed by atoms with Crippen molar-refractivity contribution < 1.29 is 14.3 Å². The molecule has 3 heterocycles. The number of carbonyl (C=O) groups is 1. The first-order chi connectivity index (χ1) is 9.63. The lowest BCUT2D eigenvalue weighted by Gasteiger charge is -2.31. The molecule has 5 heteroatoms. The van der Waals surface area contributed by atoms with Crippen molar-refractivity contribution in [2.75, 3.05) is 40.4 Å². The molecule has 0 bridgehead atoms. The normalized spacial score (nSPS) is 35.2. The van der Waals surface area contributed by atoms with E-state index in [4.69, 9.17) is 9.47 Å². The maximum atomic E-state index is 11.8. The van der Waals surface area contributed by atoms with Gasteiger partial charge in [-0.3, -0.25) is 9.69 Å². The number of hydrogen-bond donors (Lipinski definition) is 0. The Bertz CT molecular complexity index is 341. The number of ether oxygens (including phenoxy) is 2. The second-order valence-corrected chi connectivity index (χ2v) is 6.58. The lowest BCUT2D eigenvalue weighted by Crippen LogP contribution is -2.39. The van der Waals surface area contributed by atoms with Gasteiger partial charge in [0, 0.05) is 52.4 Å². The molecule has 3 saturated heterocycles. The van der Waals surface area contributed by atoms with E-state index in [0.717, 1.165) is 45.6 Å². The van der Waals surface area contributed by atoms with Crippen LogP contribution in [0.25, 0.3) is 0 Å². The van der Waals surface area contributed by atoms with Gasteiger partial charge in [-0.2, -0.15) is 0 Å². The van der Waals surface area contributed by atoms with E-state index in [1.807, 2.05) is 14.1 Å². The van der Waals surface area contributed by atoms with Crippen LogP contribution in [0.2, 0.25) is 0 Å².